The van der Waals surface area contributed by atoms with Crippen molar-refractivity contribution < 1.29 is 30.9 Å². The summed E-state index contributed by atoms with van der Waals surface area (Å²) in [4.78, 5) is 3.78. The Balaban J connectivity index is 0.000000478. The van der Waals surface area contributed by atoms with Gasteiger partial charge in [0.1, 0.15) is 0 Å². The maximum atomic E-state index is 7.92. The van der Waals surface area contributed by atoms with Crippen LogP contribution < -0.4 is 15.5 Å². The van der Waals surface area contributed by atoms with Crippen LogP contribution in [-0.2, 0) is 21.1 Å². The van der Waals surface area contributed by atoms with E-state index in [1.165, 1.54) is 13.3 Å². The quantitative estimate of drug-likeness (QED) is 0.215. The van der Waals surface area contributed by atoms with Crippen molar-refractivity contribution >= 4 is 29.2 Å². The van der Waals surface area contributed by atoms with Crippen molar-refractivity contribution in [2.75, 3.05) is 12.4 Å². The summed E-state index contributed by atoms with van der Waals surface area (Å²) in [6.07, 6.45) is 5.03. The van der Waals surface area contributed by atoms with Crippen molar-refractivity contribution in [1.29, 1.82) is 0 Å². The normalized spacial score (nSPS) is 9.46. The molecule has 3 rings (SSSR count). The second-order valence-electron chi connectivity index (χ2n) is 5.14. The van der Waals surface area contributed by atoms with Crippen LogP contribution in [-0.4, -0.2) is 28.5 Å². The van der Waals surface area contributed by atoms with E-state index in [1.54, 1.807) is 30.6 Å². The number of para-hydroxylation sites is 2. The van der Waals surface area contributed by atoms with E-state index in [2.05, 4.69) is 20.8 Å². The summed E-state index contributed by atoms with van der Waals surface area (Å²) in [5, 5.41) is 15.3. The first-order valence-electron chi connectivity index (χ1n) is 8.09. The largest absolute Gasteiger partial charge is 2.00 e. The predicted octanol–water partition coefficient (Wildman–Crippen LogP) is 3.53. The van der Waals surface area contributed by atoms with Crippen LogP contribution in [0, 0.1) is 0 Å². The minimum Gasteiger partial charge on any atom is -0.590 e. The molecule has 0 saturated heterocycles. The molecule has 3 aromatic rings. The summed E-state index contributed by atoms with van der Waals surface area (Å²) in [5.74, 6) is 0.788. The first-order valence-corrected chi connectivity index (χ1v) is 8.50. The molecule has 0 spiro atoms. The van der Waals surface area contributed by atoms with Crippen LogP contribution in [0.4, 0.5) is 5.69 Å². The Hall–Kier alpha value is -2.76. The Morgan fingerprint density at radius 2 is 1.71 bits per heavy atom. The van der Waals surface area contributed by atoms with E-state index in [4.69, 9.17) is 22.1 Å². The molecule has 0 aliphatic heterocycles. The summed E-state index contributed by atoms with van der Waals surface area (Å²) in [7, 11) is 1.53. The molecule has 0 radical (unpaired) electrons. The molecule has 28 heavy (non-hydrogen) atoms. The Labute approximate surface area is 183 Å². The Bertz CT molecular complexity index is 838. The van der Waals surface area contributed by atoms with E-state index in [9.17, 15) is 0 Å². The first-order chi connectivity index (χ1) is 13.2. The number of ether oxygens (including phenoxy) is 1. The van der Waals surface area contributed by atoms with Gasteiger partial charge < -0.3 is 15.2 Å². The zero-order valence-electron chi connectivity index (χ0n) is 15.1. The molecule has 0 atom stereocenters. The first kappa shape index (κ1) is 23.3. The van der Waals surface area contributed by atoms with Crippen LogP contribution in [0.5, 0.6) is 11.5 Å². The topological polar surface area (TPSA) is 81.4 Å². The van der Waals surface area contributed by atoms with Gasteiger partial charge in [0, 0.05) is 18.1 Å². The number of benzene rings is 2. The van der Waals surface area contributed by atoms with Gasteiger partial charge in [0.05, 0.1) is 18.9 Å². The Morgan fingerprint density at radius 3 is 2.29 bits per heavy atom. The fourth-order valence-corrected chi connectivity index (χ4v) is 2.15. The molecule has 2 aromatic carbocycles. The zero-order valence-corrected chi connectivity index (χ0v) is 18.2. The maximum Gasteiger partial charge on any atom is 2.00 e. The fourth-order valence-electron chi connectivity index (χ4n) is 1.98. The van der Waals surface area contributed by atoms with Gasteiger partial charge in [-0.15, -0.1) is 0 Å². The number of thiocarbonyl (C=S) groups is 1. The van der Waals surface area contributed by atoms with Crippen molar-refractivity contribution in [3.63, 3.8) is 0 Å². The van der Waals surface area contributed by atoms with Gasteiger partial charge in [-0.3, -0.25) is 10.4 Å². The third-order valence-corrected chi connectivity index (χ3v) is 3.44. The van der Waals surface area contributed by atoms with Crippen molar-refractivity contribution in [1.82, 2.24) is 10.4 Å². The Morgan fingerprint density at radius 1 is 1.04 bits per heavy atom. The van der Waals surface area contributed by atoms with Gasteiger partial charge in [-0.05, 0) is 48.6 Å². The van der Waals surface area contributed by atoms with E-state index in [1.807, 2.05) is 48.5 Å². The standard InChI is InChI=1S/C15H15N3O2S.C5H5N.Pt/c1-20-13-9-5-6-11(14(13)19)10-16-18-15(21)17-12-7-3-2-4-8-12;1-2-4-6-5-3-1;/h2-10,19H,1H3,(H2,17,18,21);1-5H;/q;;+2/p+1. The van der Waals surface area contributed by atoms with Gasteiger partial charge >= 0.3 is 26.8 Å². The zero-order chi connectivity index (χ0) is 19.3. The van der Waals surface area contributed by atoms with E-state index in [-0.39, 0.29) is 26.8 Å². The second kappa shape index (κ2) is 13.4. The molecule has 146 valence electrons. The molecule has 0 unspecified atom stereocenters. The molecular weight excluding hydrogens is 555 g/mol. The number of hydrazone groups is 1. The van der Waals surface area contributed by atoms with Crippen molar-refractivity contribution in [3.8, 4) is 11.5 Å². The third kappa shape index (κ3) is 8.29. The molecule has 0 fully saturated rings. The molecular formula is C20H21N4O2PtS+3. The number of nitrogens with one attached hydrogen (secondary N) is 2. The maximum absolute atomic E-state index is 7.92. The van der Waals surface area contributed by atoms with Crippen LogP contribution in [0.3, 0.4) is 0 Å². The number of rotatable bonds is 4. The van der Waals surface area contributed by atoms with Crippen LogP contribution in [0.15, 0.2) is 84.2 Å². The molecule has 4 N–H and O–H groups in total. The van der Waals surface area contributed by atoms with Crippen molar-refractivity contribution in [3.05, 3.63) is 84.7 Å². The number of aromatic nitrogens is 1. The monoisotopic (exact) mass is 576 g/mol. The second-order valence-corrected chi connectivity index (χ2v) is 5.55. The summed E-state index contributed by atoms with van der Waals surface area (Å²) >= 11 is 5.13. The van der Waals surface area contributed by atoms with E-state index in [0.717, 1.165) is 5.69 Å². The van der Waals surface area contributed by atoms with E-state index < -0.39 is 0 Å². The van der Waals surface area contributed by atoms with Gasteiger partial charge in [0.25, 0.3) is 0 Å². The van der Waals surface area contributed by atoms with Crippen LogP contribution in [0.1, 0.15) is 5.56 Å². The molecule has 0 amide bonds. The molecule has 1 heterocycles. The van der Waals surface area contributed by atoms with Crippen LogP contribution in [0.2, 0.25) is 0 Å². The average molecular weight is 577 g/mol. The minimum absolute atomic E-state index is 0. The minimum atomic E-state index is 0. The average Bonchev–Trinajstić information content (AvgIpc) is 2.72. The number of hydrogen-bond acceptors (Lipinski definition) is 4. The summed E-state index contributed by atoms with van der Waals surface area (Å²) < 4.78 is 5.08. The molecule has 0 saturated carbocycles. The summed E-state index contributed by atoms with van der Waals surface area (Å²) in [6.45, 7) is 0. The van der Waals surface area contributed by atoms with Crippen LogP contribution in [0.25, 0.3) is 0 Å². The van der Waals surface area contributed by atoms with Gasteiger partial charge in [0.15, 0.2) is 5.11 Å². The van der Waals surface area contributed by atoms with Crippen molar-refractivity contribution in [2.45, 2.75) is 0 Å². The predicted molar refractivity (Wildman–Crippen MR) is 114 cm³/mol. The smallest absolute Gasteiger partial charge is 0.590 e. The van der Waals surface area contributed by atoms with E-state index in [0.29, 0.717) is 16.4 Å². The molecule has 0 aliphatic carbocycles. The van der Waals surface area contributed by atoms with Crippen LogP contribution >= 0.6 is 12.2 Å². The number of methoxy groups -OCH3 is 1. The fraction of sp³-hybridized carbons (Fsp3) is 0.0500. The van der Waals surface area contributed by atoms with E-state index >= 15 is 0 Å². The number of pyridine rings is 1. The Kier molecular flexibility index (Phi) is 11.2. The molecule has 0 bridgehead atoms. The number of hydrogen-bond donors (Lipinski definition) is 2. The van der Waals surface area contributed by atoms with Gasteiger partial charge in [0.2, 0.25) is 5.75 Å². The van der Waals surface area contributed by atoms with Gasteiger partial charge in [-0.2, -0.15) is 5.10 Å². The molecule has 1 aromatic heterocycles. The van der Waals surface area contributed by atoms with Gasteiger partial charge in [-0.1, -0.05) is 30.3 Å². The number of anilines is 1. The van der Waals surface area contributed by atoms with Crippen molar-refractivity contribution in [2.24, 2.45) is 5.10 Å². The molecule has 8 heteroatoms. The third-order valence-electron chi connectivity index (χ3n) is 3.25. The molecule has 0 aliphatic rings. The summed E-state index contributed by atoms with van der Waals surface area (Å²) in [6, 6.07) is 20.6. The molecule has 6 nitrogen and oxygen atoms in total. The van der Waals surface area contributed by atoms with Gasteiger partial charge in [-0.25, -0.2) is 0 Å². The number of nitrogens with zero attached hydrogens (tertiary/aromatic N) is 2. The summed E-state index contributed by atoms with van der Waals surface area (Å²) in [5.41, 5.74) is 4.24. The SMILES string of the molecule is COc1cccc(C=NNC(=S)Nc2ccccc2)c1[OH2+].[Pt+2].c1ccncc1.